The summed E-state index contributed by atoms with van der Waals surface area (Å²) in [5.74, 6) is -0.0572. The van der Waals surface area contributed by atoms with Crippen molar-refractivity contribution in [3.8, 4) is 11.1 Å². The molecule has 0 atom stereocenters. The van der Waals surface area contributed by atoms with E-state index in [0.717, 1.165) is 34.0 Å². The molecule has 0 bridgehead atoms. The quantitative estimate of drug-likeness (QED) is 0.749. The number of hydrogen-bond donors (Lipinski definition) is 1. The molecular formula is C19H19N3O3S. The third-order valence-corrected chi connectivity index (χ3v) is 4.64. The third kappa shape index (κ3) is 3.94. The standard InChI is InChI=1S/C19H19N3O3S/c1-13-11-15(14-7-5-4-6-8-14)12-16-19(13)20-17(22(16)2)9-10-18(23)21-26(3,24)25/h2,4-8,11-12H,9-10H2,1,3H3,(H,21,23). The molecule has 6 nitrogen and oxygen atoms in total. The molecule has 134 valence electrons. The van der Waals surface area contributed by atoms with Crippen LogP contribution in [0.25, 0.3) is 22.2 Å². The second-order valence-corrected chi connectivity index (χ2v) is 7.97. The zero-order valence-electron chi connectivity index (χ0n) is 14.6. The molecule has 3 aromatic rings. The maximum atomic E-state index is 11.7. The van der Waals surface area contributed by atoms with E-state index in [1.165, 1.54) is 4.57 Å². The Kier molecular flexibility index (Phi) is 4.82. The molecule has 3 rings (SSSR count). The molecule has 0 saturated heterocycles. The van der Waals surface area contributed by atoms with Gasteiger partial charge >= 0.3 is 0 Å². The normalized spacial score (nSPS) is 11.7. The monoisotopic (exact) mass is 369 g/mol. The van der Waals surface area contributed by atoms with Crippen LogP contribution in [0.5, 0.6) is 0 Å². The average molecular weight is 369 g/mol. The number of imidazole rings is 1. The lowest BCUT2D eigenvalue weighted by atomic mass is 10.0. The van der Waals surface area contributed by atoms with Gasteiger partial charge < -0.3 is 4.57 Å². The van der Waals surface area contributed by atoms with Crippen molar-refractivity contribution in [1.82, 2.24) is 14.3 Å². The number of aromatic nitrogens is 2. The summed E-state index contributed by atoms with van der Waals surface area (Å²) in [4.78, 5) is 16.2. The number of amides is 1. The van der Waals surface area contributed by atoms with Crippen molar-refractivity contribution >= 4 is 27.0 Å². The lowest BCUT2D eigenvalue weighted by molar-refractivity contribution is -0.119. The number of nitrogens with zero attached hydrogens (tertiary/aromatic N) is 2. The van der Waals surface area contributed by atoms with Crippen molar-refractivity contribution < 1.29 is 13.2 Å². The van der Waals surface area contributed by atoms with Crippen LogP contribution in [0, 0.1) is 14.0 Å². The summed E-state index contributed by atoms with van der Waals surface area (Å²) in [7, 11) is 2.61. The Morgan fingerprint density at radius 2 is 1.88 bits per heavy atom. The Morgan fingerprint density at radius 3 is 2.54 bits per heavy atom. The van der Waals surface area contributed by atoms with Gasteiger partial charge in [0.05, 0.1) is 24.3 Å². The molecule has 0 saturated carbocycles. The van der Waals surface area contributed by atoms with Gasteiger partial charge in [0.1, 0.15) is 5.82 Å². The van der Waals surface area contributed by atoms with Crippen molar-refractivity contribution in [1.29, 1.82) is 0 Å². The number of nitrogens with one attached hydrogen (secondary N) is 1. The smallest absolute Gasteiger partial charge is 0.233 e. The lowest BCUT2D eigenvalue weighted by Gasteiger charge is -2.06. The first-order valence-electron chi connectivity index (χ1n) is 8.07. The van der Waals surface area contributed by atoms with Gasteiger partial charge in [0.2, 0.25) is 15.9 Å². The zero-order chi connectivity index (χ0) is 18.9. The predicted molar refractivity (Wildman–Crippen MR) is 101 cm³/mol. The van der Waals surface area contributed by atoms with Crippen LogP contribution in [0.1, 0.15) is 17.8 Å². The van der Waals surface area contributed by atoms with Gasteiger partial charge in [-0.25, -0.2) is 13.4 Å². The van der Waals surface area contributed by atoms with Crippen molar-refractivity contribution in [2.24, 2.45) is 0 Å². The van der Waals surface area contributed by atoms with E-state index in [2.05, 4.69) is 4.98 Å². The fourth-order valence-corrected chi connectivity index (χ4v) is 3.38. The summed E-state index contributed by atoms with van der Waals surface area (Å²) in [6.07, 6.45) is 1.17. The Labute approximate surface area is 152 Å². The highest BCUT2D eigenvalue weighted by Crippen LogP contribution is 2.28. The van der Waals surface area contributed by atoms with Crippen LogP contribution in [-0.4, -0.2) is 30.1 Å². The van der Waals surface area contributed by atoms with E-state index in [1.54, 1.807) is 0 Å². The second-order valence-electron chi connectivity index (χ2n) is 6.22. The molecule has 7 heteroatoms. The number of carbonyl (C=O) groups excluding carboxylic acids is 1. The minimum Gasteiger partial charge on any atom is -0.320 e. The number of rotatable bonds is 5. The minimum absolute atomic E-state index is 0.0157. The van der Waals surface area contributed by atoms with E-state index in [0.29, 0.717) is 5.82 Å². The van der Waals surface area contributed by atoms with Gasteiger partial charge in [-0.1, -0.05) is 30.3 Å². The summed E-state index contributed by atoms with van der Waals surface area (Å²) >= 11 is 0. The lowest BCUT2D eigenvalue weighted by Crippen LogP contribution is -2.29. The molecule has 0 spiro atoms. The fourth-order valence-electron chi connectivity index (χ4n) is 2.87. The van der Waals surface area contributed by atoms with Gasteiger partial charge in [-0.15, -0.1) is 0 Å². The molecule has 1 aromatic heterocycles. The molecule has 2 aromatic carbocycles. The fraction of sp³-hybridized carbons (Fsp3) is 0.211. The Hall–Kier alpha value is -2.67. The zero-order valence-corrected chi connectivity index (χ0v) is 15.4. The first-order chi connectivity index (χ1) is 12.2. The van der Waals surface area contributed by atoms with Gasteiger partial charge in [0.15, 0.2) is 0 Å². The van der Waals surface area contributed by atoms with Crippen molar-refractivity contribution in [3.63, 3.8) is 0 Å². The summed E-state index contributed by atoms with van der Waals surface area (Å²) in [5, 5.41) is 0. The van der Waals surface area contributed by atoms with Crippen LogP contribution < -0.4 is 4.72 Å². The summed E-state index contributed by atoms with van der Waals surface area (Å²) in [6, 6.07) is 14.0. The Balaban J connectivity index is 1.91. The van der Waals surface area contributed by atoms with Crippen LogP contribution in [-0.2, 0) is 21.2 Å². The van der Waals surface area contributed by atoms with Gasteiger partial charge in [-0.3, -0.25) is 9.52 Å². The number of carbonyl (C=O) groups is 1. The highest BCUT2D eigenvalue weighted by molar-refractivity contribution is 7.89. The molecule has 2 radical (unpaired) electrons. The minimum atomic E-state index is -3.56. The number of benzene rings is 2. The van der Waals surface area contributed by atoms with Gasteiger partial charge in [-0.05, 0) is 35.7 Å². The molecule has 1 heterocycles. The average Bonchev–Trinajstić information content (AvgIpc) is 2.89. The van der Waals surface area contributed by atoms with Crippen molar-refractivity contribution in [2.75, 3.05) is 6.26 Å². The highest BCUT2D eigenvalue weighted by Gasteiger charge is 2.14. The van der Waals surface area contributed by atoms with E-state index >= 15 is 0 Å². The van der Waals surface area contributed by atoms with E-state index in [4.69, 9.17) is 7.05 Å². The summed E-state index contributed by atoms with van der Waals surface area (Å²) in [6.45, 7) is 1.96. The van der Waals surface area contributed by atoms with Crippen LogP contribution in [0.4, 0.5) is 0 Å². The van der Waals surface area contributed by atoms with Crippen LogP contribution >= 0.6 is 0 Å². The van der Waals surface area contributed by atoms with E-state index < -0.39 is 15.9 Å². The summed E-state index contributed by atoms with van der Waals surface area (Å²) in [5.41, 5.74) is 4.62. The molecule has 0 aliphatic carbocycles. The van der Waals surface area contributed by atoms with Crippen molar-refractivity contribution in [3.05, 3.63) is 60.9 Å². The first-order valence-corrected chi connectivity index (χ1v) is 9.97. The maximum Gasteiger partial charge on any atom is 0.233 e. The molecule has 26 heavy (non-hydrogen) atoms. The van der Waals surface area contributed by atoms with Crippen LogP contribution in [0.3, 0.4) is 0 Å². The number of hydrogen-bond acceptors (Lipinski definition) is 4. The topological polar surface area (TPSA) is 81.1 Å². The predicted octanol–water partition coefficient (Wildman–Crippen LogP) is 2.54. The SMILES string of the molecule is [CH]n1c(CCC(=O)NS(C)(=O)=O)nc2c(C)cc(-c3ccccc3)cc21. The third-order valence-electron chi connectivity index (χ3n) is 4.04. The second kappa shape index (κ2) is 6.92. The Bertz CT molecular complexity index is 1070. The number of aryl methyl sites for hydroxylation is 2. The largest absolute Gasteiger partial charge is 0.320 e. The molecule has 0 aliphatic rings. The van der Waals surface area contributed by atoms with E-state index in [-0.39, 0.29) is 12.8 Å². The van der Waals surface area contributed by atoms with E-state index in [9.17, 15) is 13.2 Å². The first kappa shape index (κ1) is 18.1. The number of fused-ring (bicyclic) bond motifs is 1. The molecule has 0 aliphatic heterocycles. The molecular weight excluding hydrogens is 350 g/mol. The summed E-state index contributed by atoms with van der Waals surface area (Å²) < 4.78 is 25.6. The highest BCUT2D eigenvalue weighted by atomic mass is 32.2. The van der Waals surface area contributed by atoms with E-state index in [1.807, 2.05) is 54.1 Å². The molecule has 1 amide bonds. The van der Waals surface area contributed by atoms with Crippen molar-refractivity contribution in [2.45, 2.75) is 19.8 Å². The maximum absolute atomic E-state index is 11.7. The molecule has 0 unspecified atom stereocenters. The number of sulfonamides is 1. The molecule has 0 fully saturated rings. The Morgan fingerprint density at radius 1 is 1.19 bits per heavy atom. The van der Waals surface area contributed by atoms with Gasteiger partial charge in [0, 0.05) is 12.8 Å². The van der Waals surface area contributed by atoms with Crippen LogP contribution in [0.2, 0.25) is 0 Å². The molecule has 1 N–H and O–H groups in total. The van der Waals surface area contributed by atoms with Crippen LogP contribution in [0.15, 0.2) is 42.5 Å². The van der Waals surface area contributed by atoms with Gasteiger partial charge in [0.25, 0.3) is 0 Å². The van der Waals surface area contributed by atoms with Gasteiger partial charge in [-0.2, -0.15) is 0 Å².